The highest BCUT2D eigenvalue weighted by molar-refractivity contribution is 6.58. The third kappa shape index (κ3) is 6.49. The number of anilines is 1. The first-order valence-corrected chi connectivity index (χ1v) is 8.43. The Labute approximate surface area is 142 Å². The van der Waals surface area contributed by atoms with Crippen LogP contribution in [0.25, 0.3) is 0 Å². The van der Waals surface area contributed by atoms with Gasteiger partial charge in [0.05, 0.1) is 13.2 Å². The highest BCUT2D eigenvalue weighted by Gasteiger charge is 2.16. The summed E-state index contributed by atoms with van der Waals surface area (Å²) in [5.41, 5.74) is 1.23. The minimum atomic E-state index is -0.120. The lowest BCUT2D eigenvalue weighted by atomic mass is 9.52. The molecule has 0 atom stereocenters. The molecule has 0 amide bonds. The van der Waals surface area contributed by atoms with Crippen molar-refractivity contribution < 1.29 is 14.6 Å². The zero-order chi connectivity index (χ0) is 16.7. The standard InChI is InChI=1S/C15H27B3N2O3/c16-15(17,18)23-12-11-22-14-3-1-13(2-4-14)20-7-5-19(6-8-20)9-10-21/h1-4,21H,5-12,16-18H2. The second-order valence-corrected chi connectivity index (χ2v) is 6.86. The van der Waals surface area contributed by atoms with Gasteiger partial charge in [-0.1, -0.05) is 0 Å². The van der Waals surface area contributed by atoms with Gasteiger partial charge in [0.2, 0.25) is 0 Å². The van der Waals surface area contributed by atoms with Crippen molar-refractivity contribution in [1.82, 2.24) is 4.90 Å². The van der Waals surface area contributed by atoms with E-state index in [0.29, 0.717) is 13.2 Å². The molecule has 1 N–H and O–H groups in total. The van der Waals surface area contributed by atoms with Crippen LogP contribution in [0.3, 0.4) is 0 Å². The summed E-state index contributed by atoms with van der Waals surface area (Å²) in [5, 5.41) is 8.87. The third-order valence-corrected chi connectivity index (χ3v) is 3.88. The number of aliphatic hydroxyl groups excluding tert-OH is 1. The Morgan fingerprint density at radius 2 is 1.65 bits per heavy atom. The summed E-state index contributed by atoms with van der Waals surface area (Å²) in [6.45, 7) is 6.18. The molecule has 0 aliphatic carbocycles. The number of benzene rings is 1. The van der Waals surface area contributed by atoms with Crippen molar-refractivity contribution in [2.45, 2.75) is 5.30 Å². The van der Waals surface area contributed by atoms with Crippen LogP contribution in [0.1, 0.15) is 0 Å². The normalized spacial score (nSPS) is 16.5. The number of piperazine rings is 1. The maximum atomic E-state index is 8.99. The van der Waals surface area contributed by atoms with Crippen LogP contribution < -0.4 is 9.64 Å². The summed E-state index contributed by atoms with van der Waals surface area (Å²) in [5.74, 6) is 0.880. The molecule has 124 valence electrons. The summed E-state index contributed by atoms with van der Waals surface area (Å²) >= 11 is 0. The van der Waals surface area contributed by atoms with E-state index in [9.17, 15) is 0 Å². The summed E-state index contributed by atoms with van der Waals surface area (Å²) in [6, 6.07) is 8.27. The molecule has 1 aromatic rings. The lowest BCUT2D eigenvalue weighted by molar-refractivity contribution is 0.0949. The number of hydrogen-bond donors (Lipinski definition) is 1. The molecule has 1 aromatic carbocycles. The van der Waals surface area contributed by atoms with Gasteiger partial charge in [-0.3, -0.25) is 4.90 Å². The Bertz CT molecular complexity index is 460. The number of nitrogens with zero attached hydrogens (tertiary/aromatic N) is 2. The van der Waals surface area contributed by atoms with E-state index in [2.05, 4.69) is 21.9 Å². The molecule has 1 saturated heterocycles. The van der Waals surface area contributed by atoms with Gasteiger partial charge in [-0.15, -0.1) is 0 Å². The Hall–Kier alpha value is -1.11. The average Bonchev–Trinajstić information content (AvgIpc) is 2.52. The van der Waals surface area contributed by atoms with Crippen LogP contribution in [0.15, 0.2) is 24.3 Å². The summed E-state index contributed by atoms with van der Waals surface area (Å²) < 4.78 is 11.4. The summed E-state index contributed by atoms with van der Waals surface area (Å²) in [6.07, 6.45) is 0. The predicted octanol–water partition coefficient (Wildman–Crippen LogP) is -2.29. The Kier molecular flexibility index (Phi) is 6.87. The minimum absolute atomic E-state index is 0.120. The van der Waals surface area contributed by atoms with E-state index in [1.165, 1.54) is 5.69 Å². The van der Waals surface area contributed by atoms with Gasteiger partial charge in [0, 0.05) is 38.4 Å². The lowest BCUT2D eigenvalue weighted by Gasteiger charge is -2.35. The molecule has 0 saturated carbocycles. The molecular formula is C15H27B3N2O3. The molecule has 1 aliphatic rings. The van der Waals surface area contributed by atoms with Crippen LogP contribution in [-0.2, 0) is 4.74 Å². The van der Waals surface area contributed by atoms with E-state index in [0.717, 1.165) is 38.5 Å². The summed E-state index contributed by atoms with van der Waals surface area (Å²) in [7, 11) is 6.13. The zero-order valence-electron chi connectivity index (χ0n) is 14.6. The van der Waals surface area contributed by atoms with Gasteiger partial charge in [-0.2, -0.15) is 0 Å². The smallest absolute Gasteiger partial charge is 0.121 e. The molecule has 0 bridgehead atoms. The van der Waals surface area contributed by atoms with E-state index in [1.807, 2.05) is 35.7 Å². The SMILES string of the molecule is BC(B)(B)OCCOc1ccc(N2CCN(CCO)CC2)cc1. The molecule has 2 rings (SSSR count). The first kappa shape index (κ1) is 18.2. The third-order valence-electron chi connectivity index (χ3n) is 3.88. The van der Waals surface area contributed by atoms with E-state index in [-0.39, 0.29) is 11.9 Å². The van der Waals surface area contributed by atoms with Gasteiger partial charge in [-0.25, -0.2) is 0 Å². The second-order valence-electron chi connectivity index (χ2n) is 6.86. The molecule has 1 heterocycles. The average molecular weight is 316 g/mol. The predicted molar refractivity (Wildman–Crippen MR) is 102 cm³/mol. The fourth-order valence-electron chi connectivity index (χ4n) is 2.63. The molecule has 5 nitrogen and oxygen atoms in total. The molecule has 0 aromatic heterocycles. The second kappa shape index (κ2) is 8.66. The fourth-order valence-corrected chi connectivity index (χ4v) is 2.63. The van der Waals surface area contributed by atoms with Crippen molar-refractivity contribution >= 4 is 29.2 Å². The number of β-amino-alcohol motifs (C(OH)–C–C–N with tert-alkyl or cyclic N) is 1. The largest absolute Gasteiger partial charge is 0.491 e. The van der Waals surface area contributed by atoms with Crippen molar-refractivity contribution in [1.29, 1.82) is 0 Å². The van der Waals surface area contributed by atoms with Crippen molar-refractivity contribution in [2.24, 2.45) is 0 Å². The van der Waals surface area contributed by atoms with Gasteiger partial charge in [-0.05, 0) is 29.6 Å². The van der Waals surface area contributed by atoms with Gasteiger partial charge in [0.15, 0.2) is 0 Å². The maximum Gasteiger partial charge on any atom is 0.121 e. The monoisotopic (exact) mass is 316 g/mol. The van der Waals surface area contributed by atoms with Crippen LogP contribution in [0.2, 0.25) is 0 Å². The molecule has 0 radical (unpaired) electrons. The Morgan fingerprint density at radius 3 is 2.22 bits per heavy atom. The number of ether oxygens (including phenoxy) is 2. The molecule has 1 fully saturated rings. The first-order chi connectivity index (χ1) is 11.0. The van der Waals surface area contributed by atoms with Crippen LogP contribution in [-0.4, -0.2) is 91.4 Å². The molecule has 0 unspecified atom stereocenters. The molecule has 8 heteroatoms. The van der Waals surface area contributed by atoms with E-state index in [4.69, 9.17) is 14.6 Å². The van der Waals surface area contributed by atoms with Gasteiger partial charge >= 0.3 is 0 Å². The van der Waals surface area contributed by atoms with Crippen molar-refractivity contribution in [3.63, 3.8) is 0 Å². The molecular weight excluding hydrogens is 289 g/mol. The molecule has 0 spiro atoms. The van der Waals surface area contributed by atoms with Crippen molar-refractivity contribution in [3.05, 3.63) is 24.3 Å². The first-order valence-electron chi connectivity index (χ1n) is 8.43. The van der Waals surface area contributed by atoms with Crippen LogP contribution >= 0.6 is 0 Å². The van der Waals surface area contributed by atoms with E-state index >= 15 is 0 Å². The maximum absolute atomic E-state index is 8.99. The van der Waals surface area contributed by atoms with Crippen LogP contribution in [0.5, 0.6) is 5.75 Å². The van der Waals surface area contributed by atoms with Gasteiger partial charge < -0.3 is 19.5 Å². The van der Waals surface area contributed by atoms with Gasteiger partial charge in [0.25, 0.3) is 0 Å². The zero-order valence-corrected chi connectivity index (χ0v) is 14.6. The quantitative estimate of drug-likeness (QED) is 0.432. The summed E-state index contributed by atoms with van der Waals surface area (Å²) in [4.78, 5) is 4.67. The van der Waals surface area contributed by atoms with E-state index in [1.54, 1.807) is 0 Å². The van der Waals surface area contributed by atoms with E-state index < -0.39 is 0 Å². The minimum Gasteiger partial charge on any atom is -0.491 e. The Morgan fingerprint density at radius 1 is 1.00 bits per heavy atom. The highest BCUT2D eigenvalue weighted by Crippen LogP contribution is 2.20. The Balaban J connectivity index is 1.74. The van der Waals surface area contributed by atoms with Crippen LogP contribution in [0.4, 0.5) is 5.69 Å². The number of aliphatic hydroxyl groups is 1. The topological polar surface area (TPSA) is 45.2 Å². The fraction of sp³-hybridized carbons (Fsp3) is 0.600. The lowest BCUT2D eigenvalue weighted by Crippen LogP contribution is -2.47. The highest BCUT2D eigenvalue weighted by atomic mass is 16.5. The number of rotatable bonds is 8. The van der Waals surface area contributed by atoms with Crippen molar-refractivity contribution in [3.8, 4) is 5.75 Å². The van der Waals surface area contributed by atoms with Crippen LogP contribution in [0, 0.1) is 0 Å². The van der Waals surface area contributed by atoms with Crippen molar-refractivity contribution in [2.75, 3.05) is 57.4 Å². The van der Waals surface area contributed by atoms with Gasteiger partial charge in [0.1, 0.15) is 35.9 Å². The molecule has 1 aliphatic heterocycles. The molecule has 23 heavy (non-hydrogen) atoms. The number of hydrogen-bond acceptors (Lipinski definition) is 5.